The first-order valence-corrected chi connectivity index (χ1v) is 9.45. The highest BCUT2D eigenvalue weighted by Gasteiger charge is 2.25. The third-order valence-electron chi connectivity index (χ3n) is 4.02. The van der Waals surface area contributed by atoms with E-state index < -0.39 is 10.0 Å². The number of nitrogens with one attached hydrogen (secondary N) is 2. The molecule has 1 fully saturated rings. The molecule has 6 nitrogen and oxygen atoms in total. The summed E-state index contributed by atoms with van der Waals surface area (Å²) in [6, 6.07) is 7.22. The van der Waals surface area contributed by atoms with E-state index in [1.54, 1.807) is 19.1 Å². The predicted octanol–water partition coefficient (Wildman–Crippen LogP) is 1.88. The number of amides is 1. The number of rotatable bonds is 8. The van der Waals surface area contributed by atoms with Gasteiger partial charge < -0.3 is 10.1 Å². The smallest absolute Gasteiger partial charge is 0.227 e. The fourth-order valence-corrected chi connectivity index (χ4v) is 3.56. The molecule has 0 unspecified atom stereocenters. The molecule has 1 atom stereocenters. The summed E-state index contributed by atoms with van der Waals surface area (Å²) < 4.78 is 31.3. The summed E-state index contributed by atoms with van der Waals surface area (Å²) in [5.74, 6) is 0.0808. The third kappa shape index (κ3) is 5.60. The number of carbonyl (C=O) groups excluding carboxylic acids is 1. The van der Waals surface area contributed by atoms with Gasteiger partial charge >= 0.3 is 0 Å². The van der Waals surface area contributed by atoms with Crippen molar-refractivity contribution in [2.75, 3.05) is 18.2 Å². The fourth-order valence-electron chi connectivity index (χ4n) is 2.30. The molecule has 1 aliphatic carbocycles. The van der Waals surface area contributed by atoms with Crippen molar-refractivity contribution in [2.45, 2.75) is 38.8 Å². The van der Waals surface area contributed by atoms with Gasteiger partial charge in [-0.05, 0) is 37.5 Å². The summed E-state index contributed by atoms with van der Waals surface area (Å²) in [7, 11) is -1.92. The average molecular weight is 340 g/mol. The van der Waals surface area contributed by atoms with E-state index in [1.807, 2.05) is 12.1 Å². The van der Waals surface area contributed by atoms with Crippen molar-refractivity contribution in [3.63, 3.8) is 0 Å². The second-order valence-electron chi connectivity index (χ2n) is 5.97. The molecule has 7 heteroatoms. The Labute approximate surface area is 137 Å². The fraction of sp³-hybridized carbons (Fsp3) is 0.562. The highest BCUT2D eigenvalue weighted by atomic mass is 32.2. The zero-order valence-corrected chi connectivity index (χ0v) is 14.4. The van der Waals surface area contributed by atoms with Crippen LogP contribution in [-0.2, 0) is 26.1 Å². The van der Waals surface area contributed by atoms with Crippen molar-refractivity contribution in [1.29, 1.82) is 0 Å². The Morgan fingerprint density at radius 1 is 1.39 bits per heavy atom. The van der Waals surface area contributed by atoms with Crippen molar-refractivity contribution >= 4 is 21.6 Å². The molecule has 0 heterocycles. The van der Waals surface area contributed by atoms with Crippen LogP contribution in [-0.4, -0.2) is 33.3 Å². The standard InChI is InChI=1S/C16H24N2O4S/c1-12(22-2)11-23(20,21)17-10-13-5-3-8-15(9-13)18-16(19)14-6-4-7-14/h3,5,8-9,12,14,17H,4,6-7,10-11H2,1-2H3,(H,18,19)/t12-/m0/s1. The number of carbonyl (C=O) groups is 1. The van der Waals surface area contributed by atoms with E-state index in [4.69, 9.17) is 4.74 Å². The summed E-state index contributed by atoms with van der Waals surface area (Å²) in [4.78, 5) is 11.9. The molecule has 0 saturated heterocycles. The van der Waals surface area contributed by atoms with Gasteiger partial charge in [-0.2, -0.15) is 0 Å². The Balaban J connectivity index is 1.90. The summed E-state index contributed by atoms with van der Waals surface area (Å²) in [5.41, 5.74) is 1.49. The third-order valence-corrected chi connectivity index (χ3v) is 5.52. The Bertz CT molecular complexity index is 641. The number of sulfonamides is 1. The Kier molecular flexibility index (Phi) is 6.15. The molecule has 0 spiro atoms. The average Bonchev–Trinajstić information content (AvgIpc) is 2.43. The minimum atomic E-state index is -3.40. The minimum absolute atomic E-state index is 0.0444. The van der Waals surface area contributed by atoms with E-state index in [0.29, 0.717) is 5.69 Å². The maximum Gasteiger partial charge on any atom is 0.227 e. The first kappa shape index (κ1) is 17.9. The van der Waals surface area contributed by atoms with Gasteiger partial charge in [0.2, 0.25) is 15.9 Å². The SMILES string of the molecule is CO[C@@H](C)CS(=O)(=O)NCc1cccc(NC(=O)C2CCC2)c1. The van der Waals surface area contributed by atoms with Crippen LogP contribution in [0.5, 0.6) is 0 Å². The van der Waals surface area contributed by atoms with E-state index >= 15 is 0 Å². The van der Waals surface area contributed by atoms with E-state index in [0.717, 1.165) is 24.8 Å². The molecule has 128 valence electrons. The maximum atomic E-state index is 11.9. The topological polar surface area (TPSA) is 84.5 Å². The molecule has 1 aliphatic rings. The van der Waals surface area contributed by atoms with E-state index in [-0.39, 0.29) is 30.2 Å². The van der Waals surface area contributed by atoms with E-state index in [9.17, 15) is 13.2 Å². The van der Waals surface area contributed by atoms with Crippen LogP contribution >= 0.6 is 0 Å². The second kappa shape index (κ2) is 7.90. The van der Waals surface area contributed by atoms with Gasteiger partial charge in [-0.15, -0.1) is 0 Å². The highest BCUT2D eigenvalue weighted by molar-refractivity contribution is 7.89. The monoisotopic (exact) mass is 340 g/mol. The van der Waals surface area contributed by atoms with Crippen LogP contribution in [0.1, 0.15) is 31.7 Å². The Hall–Kier alpha value is -1.44. The summed E-state index contributed by atoms with van der Waals surface area (Å²) in [6.07, 6.45) is 2.65. The van der Waals surface area contributed by atoms with Gasteiger partial charge in [0.1, 0.15) is 0 Å². The van der Waals surface area contributed by atoms with E-state index in [2.05, 4.69) is 10.0 Å². The van der Waals surface area contributed by atoms with Crippen molar-refractivity contribution < 1.29 is 17.9 Å². The molecule has 0 bridgehead atoms. The molecule has 1 aromatic rings. The molecule has 1 aromatic carbocycles. The molecule has 2 rings (SSSR count). The molecular weight excluding hydrogens is 316 g/mol. The lowest BCUT2D eigenvalue weighted by Gasteiger charge is -2.24. The van der Waals surface area contributed by atoms with Crippen LogP contribution in [0.25, 0.3) is 0 Å². The molecule has 0 radical (unpaired) electrons. The van der Waals surface area contributed by atoms with Gasteiger partial charge in [0, 0.05) is 25.3 Å². The normalized spacial score (nSPS) is 16.6. The van der Waals surface area contributed by atoms with Gasteiger partial charge in [0.05, 0.1) is 11.9 Å². The number of hydrogen-bond donors (Lipinski definition) is 2. The Morgan fingerprint density at radius 3 is 2.74 bits per heavy atom. The lowest BCUT2D eigenvalue weighted by atomic mass is 9.85. The molecule has 1 saturated carbocycles. The van der Waals surface area contributed by atoms with Gasteiger partial charge in [-0.1, -0.05) is 18.6 Å². The Morgan fingerprint density at radius 2 is 2.13 bits per heavy atom. The zero-order valence-electron chi connectivity index (χ0n) is 13.5. The quantitative estimate of drug-likeness (QED) is 0.757. The number of methoxy groups -OCH3 is 1. The van der Waals surface area contributed by atoms with Gasteiger partial charge in [-0.25, -0.2) is 13.1 Å². The van der Waals surface area contributed by atoms with Crippen LogP contribution in [0.15, 0.2) is 24.3 Å². The first-order valence-electron chi connectivity index (χ1n) is 7.79. The number of anilines is 1. The predicted molar refractivity (Wildman–Crippen MR) is 89.5 cm³/mol. The van der Waals surface area contributed by atoms with Crippen LogP contribution in [0.2, 0.25) is 0 Å². The zero-order chi connectivity index (χ0) is 16.9. The highest BCUT2D eigenvalue weighted by Crippen LogP contribution is 2.27. The summed E-state index contributed by atoms with van der Waals surface area (Å²) >= 11 is 0. The number of ether oxygens (including phenoxy) is 1. The minimum Gasteiger partial charge on any atom is -0.381 e. The van der Waals surface area contributed by atoms with Crippen molar-refractivity contribution in [2.24, 2.45) is 5.92 Å². The van der Waals surface area contributed by atoms with Crippen LogP contribution < -0.4 is 10.0 Å². The maximum absolute atomic E-state index is 11.9. The largest absolute Gasteiger partial charge is 0.381 e. The molecule has 23 heavy (non-hydrogen) atoms. The van der Waals surface area contributed by atoms with Crippen molar-refractivity contribution in [1.82, 2.24) is 4.72 Å². The lowest BCUT2D eigenvalue weighted by Crippen LogP contribution is -2.31. The molecule has 0 aromatic heterocycles. The van der Waals surface area contributed by atoms with Crippen molar-refractivity contribution in [3.8, 4) is 0 Å². The van der Waals surface area contributed by atoms with E-state index in [1.165, 1.54) is 7.11 Å². The van der Waals surface area contributed by atoms with Gasteiger partial charge in [-0.3, -0.25) is 4.79 Å². The first-order chi connectivity index (χ1) is 10.9. The van der Waals surface area contributed by atoms with Crippen LogP contribution in [0.4, 0.5) is 5.69 Å². The van der Waals surface area contributed by atoms with Crippen LogP contribution in [0, 0.1) is 5.92 Å². The van der Waals surface area contributed by atoms with Crippen LogP contribution in [0.3, 0.4) is 0 Å². The number of hydrogen-bond acceptors (Lipinski definition) is 4. The molecule has 0 aliphatic heterocycles. The van der Waals surface area contributed by atoms with Crippen molar-refractivity contribution in [3.05, 3.63) is 29.8 Å². The lowest BCUT2D eigenvalue weighted by molar-refractivity contribution is -0.122. The molecular formula is C16H24N2O4S. The second-order valence-corrected chi connectivity index (χ2v) is 7.82. The van der Waals surface area contributed by atoms with Gasteiger partial charge in [0.15, 0.2) is 0 Å². The number of benzene rings is 1. The summed E-state index contributed by atoms with van der Waals surface area (Å²) in [5, 5.41) is 2.89. The molecule has 2 N–H and O–H groups in total. The molecule has 1 amide bonds. The summed E-state index contributed by atoms with van der Waals surface area (Å²) in [6.45, 7) is 1.89. The van der Waals surface area contributed by atoms with Gasteiger partial charge in [0.25, 0.3) is 0 Å².